The molecule has 0 unspecified atom stereocenters. The third kappa shape index (κ3) is 2.46. The molecule has 0 saturated carbocycles. The van der Waals surface area contributed by atoms with Crippen LogP contribution < -0.4 is 0 Å². The first kappa shape index (κ1) is 12.8. The molecule has 18 heavy (non-hydrogen) atoms. The van der Waals surface area contributed by atoms with Crippen LogP contribution in [-0.4, -0.2) is 17.6 Å². The van der Waals surface area contributed by atoms with Gasteiger partial charge in [0.05, 0.1) is 17.2 Å². The molecule has 2 heterocycles. The van der Waals surface area contributed by atoms with Crippen LogP contribution in [0.1, 0.15) is 35.0 Å². The molecule has 0 aliphatic heterocycles. The molecule has 0 aliphatic rings. The third-order valence-corrected chi connectivity index (χ3v) is 3.43. The Bertz CT molecular complexity index is 556. The number of esters is 1. The second-order valence-electron chi connectivity index (χ2n) is 3.78. The molecule has 0 saturated heterocycles. The van der Waals surface area contributed by atoms with E-state index in [1.54, 1.807) is 18.3 Å². The minimum absolute atomic E-state index is 0.223. The van der Waals surface area contributed by atoms with Gasteiger partial charge in [0.2, 0.25) is 11.7 Å². The van der Waals surface area contributed by atoms with E-state index in [1.807, 2.05) is 26.0 Å². The van der Waals surface area contributed by atoms with Crippen molar-refractivity contribution in [2.75, 3.05) is 6.61 Å². The van der Waals surface area contributed by atoms with E-state index in [0.29, 0.717) is 24.6 Å². The molecule has 0 atom stereocenters. The van der Waals surface area contributed by atoms with Crippen molar-refractivity contribution in [1.82, 2.24) is 4.98 Å². The van der Waals surface area contributed by atoms with Crippen LogP contribution in [0.3, 0.4) is 0 Å². The second-order valence-corrected chi connectivity index (χ2v) is 5.07. The van der Waals surface area contributed by atoms with Crippen molar-refractivity contribution >= 4 is 17.3 Å². The summed E-state index contributed by atoms with van der Waals surface area (Å²) in [6.45, 7) is 6.05. The molecule has 0 fully saturated rings. The van der Waals surface area contributed by atoms with E-state index < -0.39 is 5.97 Å². The molecule has 96 valence electrons. The summed E-state index contributed by atoms with van der Waals surface area (Å²) in [5.74, 6) is 0.273. The van der Waals surface area contributed by atoms with Gasteiger partial charge in [-0.1, -0.05) is 6.92 Å². The highest BCUT2D eigenvalue weighted by molar-refractivity contribution is 7.15. The van der Waals surface area contributed by atoms with Crippen LogP contribution in [0.4, 0.5) is 0 Å². The van der Waals surface area contributed by atoms with Crippen LogP contribution in [0, 0.1) is 6.92 Å². The zero-order chi connectivity index (χ0) is 13.1. The van der Waals surface area contributed by atoms with Gasteiger partial charge in [0.1, 0.15) is 0 Å². The lowest BCUT2D eigenvalue weighted by Gasteiger charge is -1.98. The second kappa shape index (κ2) is 5.35. The molecule has 0 spiro atoms. The Balaban J connectivity index is 2.37. The number of oxazole rings is 1. The highest BCUT2D eigenvalue weighted by atomic mass is 32.1. The summed E-state index contributed by atoms with van der Waals surface area (Å²) in [5, 5.41) is 0. The lowest BCUT2D eigenvalue weighted by atomic mass is 10.3. The van der Waals surface area contributed by atoms with Crippen LogP contribution in [0.2, 0.25) is 0 Å². The summed E-state index contributed by atoms with van der Waals surface area (Å²) in [6, 6.07) is 3.94. The Labute approximate surface area is 110 Å². The number of hydrogen-bond donors (Lipinski definition) is 0. The normalized spacial score (nSPS) is 10.6. The maximum Gasteiger partial charge on any atom is 0.376 e. The molecule has 0 amide bonds. The molecule has 2 rings (SSSR count). The van der Waals surface area contributed by atoms with E-state index in [-0.39, 0.29) is 5.76 Å². The van der Waals surface area contributed by atoms with Crippen LogP contribution in [0.15, 0.2) is 16.5 Å². The zero-order valence-corrected chi connectivity index (χ0v) is 11.5. The van der Waals surface area contributed by atoms with E-state index in [4.69, 9.17) is 9.15 Å². The fraction of sp³-hybridized carbons (Fsp3) is 0.385. The van der Waals surface area contributed by atoms with Gasteiger partial charge >= 0.3 is 5.97 Å². The van der Waals surface area contributed by atoms with Gasteiger partial charge in [-0.2, -0.15) is 0 Å². The maximum absolute atomic E-state index is 11.7. The zero-order valence-electron chi connectivity index (χ0n) is 10.6. The van der Waals surface area contributed by atoms with Crippen LogP contribution >= 0.6 is 11.3 Å². The van der Waals surface area contributed by atoms with Crippen LogP contribution in [-0.2, 0) is 11.2 Å². The Morgan fingerprint density at radius 2 is 2.22 bits per heavy atom. The molecule has 4 nitrogen and oxygen atoms in total. The number of carbonyl (C=O) groups excluding carboxylic acids is 1. The van der Waals surface area contributed by atoms with Gasteiger partial charge in [-0.3, -0.25) is 0 Å². The van der Waals surface area contributed by atoms with Crippen molar-refractivity contribution in [1.29, 1.82) is 0 Å². The van der Waals surface area contributed by atoms with Crippen molar-refractivity contribution in [2.24, 2.45) is 0 Å². The van der Waals surface area contributed by atoms with E-state index in [9.17, 15) is 4.79 Å². The van der Waals surface area contributed by atoms with Gasteiger partial charge in [-0.25, -0.2) is 9.78 Å². The minimum Gasteiger partial charge on any atom is -0.460 e. The summed E-state index contributed by atoms with van der Waals surface area (Å²) in [4.78, 5) is 18.2. The number of ether oxygens (including phenoxy) is 1. The van der Waals surface area contributed by atoms with Crippen LogP contribution in [0.25, 0.3) is 10.8 Å². The third-order valence-electron chi connectivity index (χ3n) is 2.44. The first-order chi connectivity index (χ1) is 8.65. The van der Waals surface area contributed by atoms with Gasteiger partial charge in [0.25, 0.3) is 0 Å². The average molecular weight is 265 g/mol. The highest BCUT2D eigenvalue weighted by Gasteiger charge is 2.21. The number of nitrogens with zero attached hydrogens (tertiary/aromatic N) is 1. The number of aryl methyl sites for hydroxylation is 2. The van der Waals surface area contributed by atoms with Crippen molar-refractivity contribution in [2.45, 2.75) is 27.2 Å². The van der Waals surface area contributed by atoms with Crippen molar-refractivity contribution < 1.29 is 13.9 Å². The van der Waals surface area contributed by atoms with Gasteiger partial charge in [0, 0.05) is 4.88 Å². The number of rotatable bonds is 4. The molecule has 2 aromatic heterocycles. The monoisotopic (exact) mass is 265 g/mol. The summed E-state index contributed by atoms with van der Waals surface area (Å²) < 4.78 is 10.5. The first-order valence-corrected chi connectivity index (χ1v) is 6.71. The first-order valence-electron chi connectivity index (χ1n) is 5.89. The van der Waals surface area contributed by atoms with Crippen molar-refractivity contribution in [3.8, 4) is 10.8 Å². The quantitative estimate of drug-likeness (QED) is 0.794. The van der Waals surface area contributed by atoms with E-state index in [2.05, 4.69) is 4.98 Å². The molecular formula is C13H15NO3S. The van der Waals surface area contributed by atoms with Gasteiger partial charge in [-0.15, -0.1) is 11.3 Å². The van der Waals surface area contributed by atoms with Crippen molar-refractivity contribution in [3.63, 3.8) is 0 Å². The summed E-state index contributed by atoms with van der Waals surface area (Å²) in [7, 11) is 0. The molecule has 5 heteroatoms. The predicted molar refractivity (Wildman–Crippen MR) is 69.9 cm³/mol. The highest BCUT2D eigenvalue weighted by Crippen LogP contribution is 2.29. The number of aromatic nitrogens is 1. The lowest BCUT2D eigenvalue weighted by molar-refractivity contribution is 0.0489. The minimum atomic E-state index is -0.443. The standard InChI is InChI=1S/C13H15NO3S/c1-4-9-11(13(15)16-5-2)17-12(14-9)10-7-6-8(3)18-10/h6-7H,4-5H2,1-3H3. The largest absolute Gasteiger partial charge is 0.460 e. The van der Waals surface area contributed by atoms with Crippen LogP contribution in [0.5, 0.6) is 0 Å². The van der Waals surface area contributed by atoms with Gasteiger partial charge in [-0.05, 0) is 32.4 Å². The molecule has 0 aliphatic carbocycles. The molecule has 2 aromatic rings. The van der Waals surface area contributed by atoms with Crippen molar-refractivity contribution in [3.05, 3.63) is 28.5 Å². The molecule has 0 radical (unpaired) electrons. The molecule has 0 N–H and O–H groups in total. The van der Waals surface area contributed by atoms with Gasteiger partial charge < -0.3 is 9.15 Å². The fourth-order valence-corrected chi connectivity index (χ4v) is 2.40. The fourth-order valence-electron chi connectivity index (χ4n) is 1.60. The Hall–Kier alpha value is -1.62. The maximum atomic E-state index is 11.7. The van der Waals surface area contributed by atoms with E-state index in [1.165, 1.54) is 4.88 Å². The summed E-state index contributed by atoms with van der Waals surface area (Å²) in [5.41, 5.74) is 0.648. The summed E-state index contributed by atoms with van der Waals surface area (Å²) >= 11 is 1.59. The topological polar surface area (TPSA) is 52.3 Å². The average Bonchev–Trinajstić information content (AvgIpc) is 2.94. The Morgan fingerprint density at radius 3 is 2.78 bits per heavy atom. The smallest absolute Gasteiger partial charge is 0.376 e. The lowest BCUT2D eigenvalue weighted by Crippen LogP contribution is -2.05. The van der Waals surface area contributed by atoms with E-state index in [0.717, 1.165) is 4.88 Å². The molecule has 0 bridgehead atoms. The Morgan fingerprint density at radius 1 is 1.44 bits per heavy atom. The SMILES string of the molecule is CCOC(=O)c1oc(-c2ccc(C)s2)nc1CC. The van der Waals surface area contributed by atoms with Gasteiger partial charge in [0.15, 0.2) is 0 Å². The number of carbonyl (C=O) groups is 1. The molecule has 0 aromatic carbocycles. The number of thiophene rings is 1. The summed E-state index contributed by atoms with van der Waals surface area (Å²) in [6.07, 6.45) is 0.641. The predicted octanol–water partition coefficient (Wildman–Crippen LogP) is 3.45. The molecular weight excluding hydrogens is 250 g/mol. The van der Waals surface area contributed by atoms with E-state index >= 15 is 0 Å². The number of hydrogen-bond acceptors (Lipinski definition) is 5. The Kier molecular flexibility index (Phi) is 3.81.